The van der Waals surface area contributed by atoms with Crippen molar-refractivity contribution in [2.45, 2.75) is 65.2 Å². The van der Waals surface area contributed by atoms with E-state index in [1.54, 1.807) is 0 Å². The Hall–Kier alpha value is -0.200. The molecule has 4 aliphatic rings. The lowest BCUT2D eigenvalue weighted by molar-refractivity contribution is 0.181. The zero-order chi connectivity index (χ0) is 21.3. The van der Waals surface area contributed by atoms with Crippen LogP contribution in [0.5, 0.6) is 0 Å². The maximum Gasteiger partial charge on any atom is 0.0107 e. The molecule has 0 aromatic carbocycles. The molecule has 4 saturated heterocycles. The Bertz CT molecular complexity index is 291. The number of hydrogen-bond donors (Lipinski definition) is 0. The van der Waals surface area contributed by atoms with Crippen LogP contribution in [-0.4, -0.2) is 125 Å². The van der Waals surface area contributed by atoms with Gasteiger partial charge in [-0.3, -0.25) is 0 Å². The van der Waals surface area contributed by atoms with E-state index in [4.69, 9.17) is 0 Å². The fourth-order valence-corrected chi connectivity index (χ4v) is 4.06. The van der Waals surface area contributed by atoms with E-state index in [0.29, 0.717) is 0 Å². The maximum atomic E-state index is 2.39. The molecule has 0 amide bonds. The average molecular weight is 428 g/mol. The first-order chi connectivity index (χ1) is 14.0. The molecular formula is C25H57N5. The van der Waals surface area contributed by atoms with E-state index < -0.39 is 0 Å². The zero-order valence-electron chi connectivity index (χ0n) is 20.7. The Morgan fingerprint density at radius 1 is 0.267 bits per heavy atom. The van der Waals surface area contributed by atoms with E-state index >= 15 is 0 Å². The number of piperidine rings is 3. The maximum absolute atomic E-state index is 2.39. The second-order valence-corrected chi connectivity index (χ2v) is 9.70. The Kier molecular flexibility index (Phi) is 19.4. The summed E-state index contributed by atoms with van der Waals surface area (Å²) in [6.45, 7) is 12.8. The summed E-state index contributed by atoms with van der Waals surface area (Å²) in [4.78, 5) is 11.9. The van der Waals surface area contributed by atoms with Crippen molar-refractivity contribution in [3.05, 3.63) is 0 Å². The van der Waals surface area contributed by atoms with Crippen LogP contribution >= 0.6 is 0 Å². The lowest BCUT2D eigenvalue weighted by atomic mass is 10.1. The fourth-order valence-electron chi connectivity index (χ4n) is 4.06. The molecule has 0 radical (unpaired) electrons. The van der Waals surface area contributed by atoms with Crippen molar-refractivity contribution in [1.82, 2.24) is 24.5 Å². The SMILES string of the molecule is C.CN1CCCCC1.CN1CCCCC1.CN1CCCCC1.CN1CCN(C)CC1. The highest BCUT2D eigenvalue weighted by Crippen LogP contribution is 2.06. The Labute approximate surface area is 190 Å². The molecule has 0 saturated carbocycles. The lowest BCUT2D eigenvalue weighted by Crippen LogP contribution is -2.42. The van der Waals surface area contributed by atoms with Gasteiger partial charge in [0, 0.05) is 26.2 Å². The monoisotopic (exact) mass is 427 g/mol. The molecule has 0 aromatic heterocycles. The normalized spacial score (nSPS) is 24.7. The largest absolute Gasteiger partial charge is 0.306 e. The molecule has 0 N–H and O–H groups in total. The van der Waals surface area contributed by atoms with Crippen LogP contribution in [0.3, 0.4) is 0 Å². The number of likely N-dealkylation sites (N-methyl/N-ethyl adjacent to an activating group) is 2. The van der Waals surface area contributed by atoms with Crippen molar-refractivity contribution in [3.63, 3.8) is 0 Å². The van der Waals surface area contributed by atoms with E-state index in [1.165, 1.54) is 123 Å². The van der Waals surface area contributed by atoms with Gasteiger partial charge in [-0.05, 0) is 113 Å². The van der Waals surface area contributed by atoms with Gasteiger partial charge in [-0.25, -0.2) is 0 Å². The first kappa shape index (κ1) is 29.8. The summed E-state index contributed by atoms with van der Waals surface area (Å²) in [6.07, 6.45) is 12.8. The summed E-state index contributed by atoms with van der Waals surface area (Å²) in [5, 5.41) is 0. The van der Waals surface area contributed by atoms with E-state index in [-0.39, 0.29) is 7.43 Å². The number of rotatable bonds is 0. The molecule has 5 heteroatoms. The summed E-state index contributed by atoms with van der Waals surface area (Å²) in [7, 11) is 10.9. The first-order valence-electron chi connectivity index (χ1n) is 12.4. The van der Waals surface area contributed by atoms with Gasteiger partial charge in [0.1, 0.15) is 0 Å². The molecule has 4 heterocycles. The minimum atomic E-state index is 0. The van der Waals surface area contributed by atoms with Crippen molar-refractivity contribution in [1.29, 1.82) is 0 Å². The fraction of sp³-hybridized carbons (Fsp3) is 1.00. The van der Waals surface area contributed by atoms with E-state index in [0.717, 1.165) is 0 Å². The van der Waals surface area contributed by atoms with Crippen LogP contribution in [-0.2, 0) is 0 Å². The molecular weight excluding hydrogens is 370 g/mol. The van der Waals surface area contributed by atoms with Gasteiger partial charge in [-0.2, -0.15) is 0 Å². The van der Waals surface area contributed by atoms with Crippen LogP contribution in [0.1, 0.15) is 65.2 Å². The standard InChI is InChI=1S/C6H14N2.3C6H13N.CH4/c1-7-3-5-8(2)6-4-7;3*1-7-5-3-2-4-6-7;/h3-6H2,1-2H3;3*2-6H2,1H3;1H4. The molecule has 182 valence electrons. The molecule has 0 unspecified atom stereocenters. The highest BCUT2D eigenvalue weighted by Gasteiger charge is 2.08. The average Bonchev–Trinajstić information content (AvgIpc) is 2.73. The van der Waals surface area contributed by atoms with Gasteiger partial charge >= 0.3 is 0 Å². The van der Waals surface area contributed by atoms with Crippen molar-refractivity contribution in [2.75, 3.05) is 101 Å². The van der Waals surface area contributed by atoms with Crippen LogP contribution in [0.15, 0.2) is 0 Å². The lowest BCUT2D eigenvalue weighted by Gasteiger charge is -2.28. The smallest absolute Gasteiger partial charge is 0.0107 e. The first-order valence-corrected chi connectivity index (χ1v) is 12.4. The molecule has 0 atom stereocenters. The molecule has 4 fully saturated rings. The van der Waals surface area contributed by atoms with Crippen LogP contribution in [0.25, 0.3) is 0 Å². The van der Waals surface area contributed by atoms with Crippen molar-refractivity contribution < 1.29 is 0 Å². The third-order valence-electron chi connectivity index (χ3n) is 6.47. The van der Waals surface area contributed by atoms with Gasteiger partial charge in [0.2, 0.25) is 0 Å². The van der Waals surface area contributed by atoms with Crippen LogP contribution in [0.4, 0.5) is 0 Å². The predicted molar refractivity (Wildman–Crippen MR) is 136 cm³/mol. The Morgan fingerprint density at radius 2 is 0.433 bits per heavy atom. The summed E-state index contributed by atoms with van der Waals surface area (Å²) in [5.41, 5.74) is 0. The topological polar surface area (TPSA) is 16.2 Å². The number of likely N-dealkylation sites (tertiary alicyclic amines) is 3. The van der Waals surface area contributed by atoms with E-state index in [2.05, 4.69) is 59.7 Å². The second-order valence-electron chi connectivity index (χ2n) is 9.70. The molecule has 0 aliphatic carbocycles. The van der Waals surface area contributed by atoms with Crippen LogP contribution in [0, 0.1) is 0 Å². The highest BCUT2D eigenvalue weighted by molar-refractivity contribution is 4.64. The summed E-state index contributed by atoms with van der Waals surface area (Å²) in [6, 6.07) is 0. The van der Waals surface area contributed by atoms with Gasteiger partial charge in [0.25, 0.3) is 0 Å². The number of hydrogen-bond acceptors (Lipinski definition) is 5. The highest BCUT2D eigenvalue weighted by atomic mass is 15.2. The zero-order valence-corrected chi connectivity index (χ0v) is 20.7. The van der Waals surface area contributed by atoms with Gasteiger partial charge in [-0.1, -0.05) is 26.7 Å². The molecule has 0 aromatic rings. The van der Waals surface area contributed by atoms with Gasteiger partial charge in [0.15, 0.2) is 0 Å². The third kappa shape index (κ3) is 17.5. The van der Waals surface area contributed by atoms with Gasteiger partial charge < -0.3 is 24.5 Å². The summed E-state index contributed by atoms with van der Waals surface area (Å²) in [5.74, 6) is 0. The molecule has 4 rings (SSSR count). The van der Waals surface area contributed by atoms with Gasteiger partial charge in [0.05, 0.1) is 0 Å². The quantitative estimate of drug-likeness (QED) is 0.583. The predicted octanol–water partition coefficient (Wildman–Crippen LogP) is 3.81. The molecule has 5 nitrogen and oxygen atoms in total. The van der Waals surface area contributed by atoms with Crippen molar-refractivity contribution >= 4 is 0 Å². The second kappa shape index (κ2) is 19.5. The molecule has 30 heavy (non-hydrogen) atoms. The Balaban J connectivity index is 0.000000370. The third-order valence-corrected chi connectivity index (χ3v) is 6.47. The minimum absolute atomic E-state index is 0. The molecule has 0 spiro atoms. The van der Waals surface area contributed by atoms with Crippen LogP contribution in [0.2, 0.25) is 0 Å². The van der Waals surface area contributed by atoms with Crippen LogP contribution < -0.4 is 0 Å². The van der Waals surface area contributed by atoms with E-state index in [9.17, 15) is 0 Å². The summed E-state index contributed by atoms with van der Waals surface area (Å²) >= 11 is 0. The molecule has 0 bridgehead atoms. The van der Waals surface area contributed by atoms with Gasteiger partial charge in [-0.15, -0.1) is 0 Å². The summed E-state index contributed by atoms with van der Waals surface area (Å²) < 4.78 is 0. The molecule has 4 aliphatic heterocycles. The van der Waals surface area contributed by atoms with Crippen molar-refractivity contribution in [2.24, 2.45) is 0 Å². The van der Waals surface area contributed by atoms with E-state index in [1.807, 2.05) is 0 Å². The Morgan fingerprint density at radius 3 is 0.567 bits per heavy atom. The minimum Gasteiger partial charge on any atom is -0.306 e. The number of piperazine rings is 1. The number of nitrogens with zero attached hydrogens (tertiary/aromatic N) is 5. The van der Waals surface area contributed by atoms with Crippen molar-refractivity contribution in [3.8, 4) is 0 Å².